The van der Waals surface area contributed by atoms with E-state index in [1.165, 1.54) is 6.92 Å². The number of ether oxygens (including phenoxy) is 1. The maximum absolute atomic E-state index is 13.2. The lowest BCUT2D eigenvalue weighted by molar-refractivity contribution is -0.137. The molecule has 0 bridgehead atoms. The largest absolute Gasteiger partial charge is 0.416 e. The zero-order chi connectivity index (χ0) is 23.2. The number of hydrogen-bond acceptors (Lipinski definition) is 6. The van der Waals surface area contributed by atoms with Gasteiger partial charge >= 0.3 is 11.9 Å². The van der Waals surface area contributed by atoms with Crippen molar-refractivity contribution >= 4 is 19.7 Å². The van der Waals surface area contributed by atoms with Crippen LogP contribution in [0.4, 0.5) is 22.0 Å². The summed E-state index contributed by atoms with van der Waals surface area (Å²) in [5.41, 5.74) is -1.15. The highest BCUT2D eigenvalue weighted by atomic mass is 32.2. The third-order valence-electron chi connectivity index (χ3n) is 5.13. The molecule has 0 saturated carbocycles. The normalized spacial score (nSPS) is 23.3. The monoisotopic (exact) mass is 488 g/mol. The van der Waals surface area contributed by atoms with Crippen molar-refractivity contribution in [2.24, 2.45) is 0 Å². The van der Waals surface area contributed by atoms with E-state index in [4.69, 9.17) is 4.74 Å². The molecule has 2 atom stereocenters. The maximum atomic E-state index is 13.2. The van der Waals surface area contributed by atoms with Crippen molar-refractivity contribution in [1.29, 1.82) is 0 Å². The predicted molar refractivity (Wildman–Crippen MR) is 96.7 cm³/mol. The third-order valence-corrected chi connectivity index (χ3v) is 8.94. The molecular formula is C17H17F5N2O5S2. The van der Waals surface area contributed by atoms with Crippen LogP contribution in [-0.2, 0) is 30.6 Å². The standard InChI is InChI=1S/C17H17F5N2O5S2/c1-16(31(27,28)11-4-2-3-10(7-11)17(20,21)22)5-6-29-13(9-16)12-8-14(24-23-12)30(25,26)15(18)19/h2-4,7-8,13,15H,5-6,9H2,1H3,(H,23,24)/t13-,16-/m1/s1. The lowest BCUT2D eigenvalue weighted by Crippen LogP contribution is -2.42. The van der Waals surface area contributed by atoms with E-state index >= 15 is 0 Å². The first kappa shape index (κ1) is 23.6. The Morgan fingerprint density at radius 3 is 2.48 bits per heavy atom. The number of hydrogen-bond donors (Lipinski definition) is 1. The molecule has 1 aliphatic rings. The third kappa shape index (κ3) is 4.32. The smallest absolute Gasteiger partial charge is 0.372 e. The van der Waals surface area contributed by atoms with Gasteiger partial charge in [0.1, 0.15) is 6.10 Å². The SMILES string of the molecule is C[C@@]1(S(=O)(=O)c2cccc(C(F)(F)F)c2)CCO[C@@H](c2cc(S(=O)(=O)C(F)F)n[nH]2)C1. The molecule has 14 heteroatoms. The average Bonchev–Trinajstić information content (AvgIpc) is 3.18. The van der Waals surface area contributed by atoms with Crippen LogP contribution in [-0.4, -0.2) is 44.1 Å². The van der Waals surface area contributed by atoms with Gasteiger partial charge in [0, 0.05) is 12.7 Å². The van der Waals surface area contributed by atoms with Crippen LogP contribution in [0.15, 0.2) is 40.3 Å². The van der Waals surface area contributed by atoms with E-state index in [0.717, 1.165) is 24.3 Å². The van der Waals surface area contributed by atoms with Crippen LogP contribution in [0.2, 0.25) is 0 Å². The summed E-state index contributed by atoms with van der Waals surface area (Å²) in [6.07, 6.45) is -6.08. The summed E-state index contributed by atoms with van der Waals surface area (Å²) in [7, 11) is -9.24. The van der Waals surface area contributed by atoms with E-state index in [0.29, 0.717) is 6.07 Å². The second kappa shape index (κ2) is 7.81. The Balaban J connectivity index is 1.93. The lowest BCUT2D eigenvalue weighted by Gasteiger charge is -2.37. The van der Waals surface area contributed by atoms with Crippen LogP contribution in [0.1, 0.15) is 37.1 Å². The van der Waals surface area contributed by atoms with Crippen molar-refractivity contribution in [2.45, 2.75) is 52.5 Å². The molecule has 7 nitrogen and oxygen atoms in total. The van der Waals surface area contributed by atoms with Gasteiger partial charge < -0.3 is 4.74 Å². The number of halogens is 5. The number of aromatic nitrogens is 2. The highest BCUT2D eigenvalue weighted by Crippen LogP contribution is 2.42. The van der Waals surface area contributed by atoms with Gasteiger partial charge in [-0.3, -0.25) is 5.10 Å². The van der Waals surface area contributed by atoms with Gasteiger partial charge in [-0.25, -0.2) is 16.8 Å². The van der Waals surface area contributed by atoms with Gasteiger partial charge in [0.05, 0.1) is 20.9 Å². The van der Waals surface area contributed by atoms with E-state index < -0.39 is 57.9 Å². The molecule has 2 aromatic rings. The van der Waals surface area contributed by atoms with Crippen LogP contribution in [0, 0.1) is 0 Å². The van der Waals surface area contributed by atoms with Crippen molar-refractivity contribution < 1.29 is 43.5 Å². The molecule has 1 aromatic carbocycles. The summed E-state index contributed by atoms with van der Waals surface area (Å²) in [6, 6.07) is 4.18. The number of benzene rings is 1. The molecule has 1 aromatic heterocycles. The summed E-state index contributed by atoms with van der Waals surface area (Å²) in [6.45, 7) is 1.22. The first-order chi connectivity index (χ1) is 14.2. The Kier molecular flexibility index (Phi) is 5.95. The summed E-state index contributed by atoms with van der Waals surface area (Å²) >= 11 is 0. The number of H-pyrrole nitrogens is 1. The highest BCUT2D eigenvalue weighted by Gasteiger charge is 2.46. The van der Waals surface area contributed by atoms with Crippen LogP contribution in [0.3, 0.4) is 0 Å². The summed E-state index contributed by atoms with van der Waals surface area (Å²) in [4.78, 5) is -0.518. The van der Waals surface area contributed by atoms with E-state index in [2.05, 4.69) is 10.2 Å². The summed E-state index contributed by atoms with van der Waals surface area (Å²) in [5.74, 6) is -3.69. The van der Waals surface area contributed by atoms with Gasteiger partial charge in [0.2, 0.25) is 0 Å². The van der Waals surface area contributed by atoms with Crippen molar-refractivity contribution in [2.75, 3.05) is 6.61 Å². The number of alkyl halides is 5. The molecule has 1 fully saturated rings. The van der Waals surface area contributed by atoms with Gasteiger partial charge in [-0.05, 0) is 38.0 Å². The molecule has 172 valence electrons. The molecule has 2 heterocycles. The fraction of sp³-hybridized carbons (Fsp3) is 0.471. The molecule has 0 radical (unpaired) electrons. The number of rotatable bonds is 5. The number of aromatic amines is 1. The van der Waals surface area contributed by atoms with Crippen LogP contribution in [0.25, 0.3) is 0 Å². The molecular weight excluding hydrogens is 471 g/mol. The topological polar surface area (TPSA) is 106 Å². The van der Waals surface area contributed by atoms with Gasteiger partial charge in [0.15, 0.2) is 14.9 Å². The molecule has 31 heavy (non-hydrogen) atoms. The summed E-state index contributed by atoms with van der Waals surface area (Å²) in [5, 5.41) is 4.68. The van der Waals surface area contributed by atoms with Crippen molar-refractivity contribution in [3.8, 4) is 0 Å². The predicted octanol–water partition coefficient (Wildman–Crippen LogP) is 3.51. The van der Waals surface area contributed by atoms with Gasteiger partial charge in [0.25, 0.3) is 9.84 Å². The molecule has 1 aliphatic heterocycles. The average molecular weight is 488 g/mol. The number of sulfone groups is 2. The van der Waals surface area contributed by atoms with Crippen molar-refractivity contribution in [3.05, 3.63) is 41.6 Å². The first-order valence-corrected chi connectivity index (χ1v) is 11.8. The molecule has 0 aliphatic carbocycles. The quantitative estimate of drug-likeness (QED) is 0.646. The Morgan fingerprint density at radius 2 is 1.87 bits per heavy atom. The Bertz CT molecular complexity index is 1180. The lowest BCUT2D eigenvalue weighted by atomic mass is 9.95. The highest BCUT2D eigenvalue weighted by molar-refractivity contribution is 7.92. The van der Waals surface area contributed by atoms with Gasteiger partial charge in [-0.15, -0.1) is 0 Å². The number of nitrogens with zero attached hydrogens (tertiary/aromatic N) is 1. The zero-order valence-corrected chi connectivity index (χ0v) is 17.5. The number of nitrogens with one attached hydrogen (secondary N) is 1. The minimum Gasteiger partial charge on any atom is -0.372 e. The van der Waals surface area contributed by atoms with Crippen molar-refractivity contribution in [1.82, 2.24) is 10.2 Å². The molecule has 3 rings (SSSR count). The first-order valence-electron chi connectivity index (χ1n) is 8.79. The Hall–Kier alpha value is -2.06. The van der Waals surface area contributed by atoms with Crippen LogP contribution < -0.4 is 0 Å². The molecule has 0 amide bonds. The van der Waals surface area contributed by atoms with E-state index in [1.807, 2.05) is 0 Å². The zero-order valence-electron chi connectivity index (χ0n) is 15.9. The fourth-order valence-electron chi connectivity index (χ4n) is 3.26. The van der Waals surface area contributed by atoms with E-state index in [9.17, 15) is 38.8 Å². The van der Waals surface area contributed by atoms with Crippen molar-refractivity contribution in [3.63, 3.8) is 0 Å². The molecule has 1 saturated heterocycles. The van der Waals surface area contributed by atoms with E-state index in [-0.39, 0.29) is 25.1 Å². The van der Waals surface area contributed by atoms with Gasteiger partial charge in [-0.2, -0.15) is 27.1 Å². The summed E-state index contributed by atoms with van der Waals surface area (Å²) < 4.78 is 118. The van der Waals surface area contributed by atoms with Crippen LogP contribution in [0.5, 0.6) is 0 Å². The minimum atomic E-state index is -4.97. The second-order valence-electron chi connectivity index (χ2n) is 7.26. The molecule has 1 N–H and O–H groups in total. The minimum absolute atomic E-state index is 0.0376. The molecule has 0 unspecified atom stereocenters. The molecule has 0 spiro atoms. The maximum Gasteiger partial charge on any atom is 0.416 e. The Labute approximate surface area is 174 Å². The fourth-order valence-corrected chi connectivity index (χ4v) is 5.74. The van der Waals surface area contributed by atoms with E-state index in [1.54, 1.807) is 0 Å². The van der Waals surface area contributed by atoms with Crippen LogP contribution >= 0.6 is 0 Å². The van der Waals surface area contributed by atoms with Gasteiger partial charge in [-0.1, -0.05) is 6.07 Å². The second-order valence-corrected chi connectivity index (χ2v) is 11.6. The Morgan fingerprint density at radius 1 is 1.19 bits per heavy atom.